The molecular weight excluding hydrogens is 235 g/mol. The van der Waals surface area contributed by atoms with Gasteiger partial charge < -0.3 is 4.74 Å². The van der Waals surface area contributed by atoms with E-state index in [1.54, 1.807) is 25.1 Å². The Kier molecular flexibility index (Phi) is 4.35. The Morgan fingerprint density at radius 1 is 1.29 bits per heavy atom. The Bertz CT molecular complexity index is 424. The van der Waals surface area contributed by atoms with E-state index < -0.39 is 13.0 Å². The molecule has 0 spiro atoms. The third kappa shape index (κ3) is 4.74. The number of halogens is 3. The minimum Gasteiger partial charge on any atom is -0.490 e. The minimum absolute atomic E-state index is 0.254. The summed E-state index contributed by atoms with van der Waals surface area (Å²) >= 11 is 0. The van der Waals surface area contributed by atoms with Crippen LogP contribution in [0.1, 0.15) is 11.1 Å². The van der Waals surface area contributed by atoms with Crippen molar-refractivity contribution in [3.8, 4) is 11.8 Å². The van der Waals surface area contributed by atoms with Crippen LogP contribution in [-0.4, -0.2) is 19.6 Å². The molecule has 0 radical (unpaired) electrons. The van der Waals surface area contributed by atoms with Gasteiger partial charge in [0.05, 0.1) is 12.2 Å². The summed E-state index contributed by atoms with van der Waals surface area (Å²) in [4.78, 5) is 0. The monoisotopic (exact) mass is 245 g/mol. The quantitative estimate of drug-likeness (QED) is 0.766. The molecule has 0 N–H and O–H groups in total. The second-order valence-electron chi connectivity index (χ2n) is 3.25. The van der Waals surface area contributed by atoms with Gasteiger partial charge >= 0.3 is 6.36 Å². The Morgan fingerprint density at radius 3 is 2.59 bits per heavy atom. The number of aryl methyl sites for hydroxylation is 1. The third-order valence-corrected chi connectivity index (χ3v) is 1.86. The van der Waals surface area contributed by atoms with Gasteiger partial charge in [0.2, 0.25) is 0 Å². The van der Waals surface area contributed by atoms with Gasteiger partial charge in [-0.2, -0.15) is 5.26 Å². The molecule has 0 fully saturated rings. The van der Waals surface area contributed by atoms with E-state index in [1.807, 2.05) is 6.07 Å². The zero-order valence-electron chi connectivity index (χ0n) is 9.04. The van der Waals surface area contributed by atoms with Gasteiger partial charge in [0.1, 0.15) is 18.4 Å². The van der Waals surface area contributed by atoms with Crippen molar-refractivity contribution in [2.75, 3.05) is 13.2 Å². The number of nitriles is 1. The predicted octanol–water partition coefficient (Wildman–Crippen LogP) is 2.78. The highest BCUT2D eigenvalue weighted by atomic mass is 19.4. The first kappa shape index (κ1) is 13.3. The lowest BCUT2D eigenvalue weighted by atomic mass is 10.1. The summed E-state index contributed by atoms with van der Waals surface area (Å²) in [5.74, 6) is 0.254. The summed E-state index contributed by atoms with van der Waals surface area (Å²) in [6.45, 7) is 0.927. The molecule has 0 amide bonds. The first-order chi connectivity index (χ1) is 7.92. The van der Waals surface area contributed by atoms with Crippen molar-refractivity contribution in [2.24, 2.45) is 0 Å². The number of benzene rings is 1. The van der Waals surface area contributed by atoms with Gasteiger partial charge in [0.15, 0.2) is 0 Å². The molecule has 0 aliphatic rings. The molecule has 0 bridgehead atoms. The lowest BCUT2D eigenvalue weighted by Gasteiger charge is -2.10. The van der Waals surface area contributed by atoms with Gasteiger partial charge in [0, 0.05) is 0 Å². The molecule has 3 nitrogen and oxygen atoms in total. The van der Waals surface area contributed by atoms with Gasteiger partial charge in [-0.05, 0) is 24.6 Å². The number of nitrogens with zero attached hydrogens (tertiary/aromatic N) is 1. The van der Waals surface area contributed by atoms with Crippen molar-refractivity contribution in [3.63, 3.8) is 0 Å². The molecule has 1 rings (SSSR count). The first-order valence-electron chi connectivity index (χ1n) is 4.76. The van der Waals surface area contributed by atoms with E-state index in [4.69, 9.17) is 10.00 Å². The Balaban J connectivity index is 2.50. The molecular formula is C11H10F3NO2. The molecule has 1 aromatic rings. The van der Waals surface area contributed by atoms with E-state index in [1.165, 1.54) is 0 Å². The zero-order valence-corrected chi connectivity index (χ0v) is 9.04. The largest absolute Gasteiger partial charge is 0.522 e. The van der Waals surface area contributed by atoms with E-state index in [0.29, 0.717) is 0 Å². The number of alkyl halides is 3. The number of hydrogen-bond donors (Lipinski definition) is 0. The molecule has 0 aromatic heterocycles. The van der Waals surface area contributed by atoms with Crippen LogP contribution in [0.2, 0.25) is 0 Å². The van der Waals surface area contributed by atoms with Crippen LogP contribution in [0.5, 0.6) is 5.75 Å². The van der Waals surface area contributed by atoms with Crippen molar-refractivity contribution in [3.05, 3.63) is 29.3 Å². The van der Waals surface area contributed by atoms with E-state index in [2.05, 4.69) is 4.74 Å². The lowest BCUT2D eigenvalue weighted by Crippen LogP contribution is -2.18. The third-order valence-electron chi connectivity index (χ3n) is 1.86. The van der Waals surface area contributed by atoms with Crippen molar-refractivity contribution in [1.82, 2.24) is 0 Å². The van der Waals surface area contributed by atoms with Crippen LogP contribution in [0, 0.1) is 18.3 Å². The van der Waals surface area contributed by atoms with E-state index in [-0.39, 0.29) is 17.9 Å². The minimum atomic E-state index is -4.66. The average molecular weight is 245 g/mol. The zero-order chi connectivity index (χ0) is 12.9. The first-order valence-corrected chi connectivity index (χ1v) is 4.76. The smallest absolute Gasteiger partial charge is 0.490 e. The normalized spacial score (nSPS) is 11.0. The molecule has 0 atom stereocenters. The van der Waals surface area contributed by atoms with Gasteiger partial charge in [-0.1, -0.05) is 6.07 Å². The van der Waals surface area contributed by atoms with Crippen molar-refractivity contribution < 1.29 is 22.6 Å². The Hall–Kier alpha value is -1.74. The summed E-state index contributed by atoms with van der Waals surface area (Å²) in [6, 6.07) is 6.75. The van der Waals surface area contributed by atoms with Gasteiger partial charge in [-0.25, -0.2) is 0 Å². The molecule has 92 valence electrons. The van der Waals surface area contributed by atoms with Crippen LogP contribution in [0.15, 0.2) is 18.2 Å². The van der Waals surface area contributed by atoms with E-state index >= 15 is 0 Å². The Labute approximate surface area is 96.4 Å². The summed E-state index contributed by atoms with van der Waals surface area (Å²) < 4.78 is 43.5. The second kappa shape index (κ2) is 5.55. The highest BCUT2D eigenvalue weighted by Crippen LogP contribution is 2.19. The maximum absolute atomic E-state index is 11.6. The standard InChI is InChI=1S/C11H10F3NO2/c1-8-2-3-10(9(6-8)7-15)16-4-5-17-11(12,13)14/h2-3,6H,4-5H2,1H3. The van der Waals surface area contributed by atoms with Gasteiger partial charge in [-0.3, -0.25) is 4.74 Å². The van der Waals surface area contributed by atoms with Crippen LogP contribution >= 0.6 is 0 Å². The van der Waals surface area contributed by atoms with Crippen LogP contribution in [-0.2, 0) is 4.74 Å². The summed E-state index contributed by atoms with van der Waals surface area (Å²) in [5, 5.41) is 8.79. The predicted molar refractivity (Wildman–Crippen MR) is 53.4 cm³/mol. The van der Waals surface area contributed by atoms with Crippen molar-refractivity contribution in [1.29, 1.82) is 5.26 Å². The molecule has 0 saturated carbocycles. The maximum Gasteiger partial charge on any atom is 0.522 e. The Morgan fingerprint density at radius 2 is 2.00 bits per heavy atom. The summed E-state index contributed by atoms with van der Waals surface area (Å²) in [6.07, 6.45) is -4.66. The molecule has 6 heteroatoms. The van der Waals surface area contributed by atoms with Gasteiger partial charge in [-0.15, -0.1) is 13.2 Å². The molecule has 0 heterocycles. The van der Waals surface area contributed by atoms with Crippen LogP contribution in [0.4, 0.5) is 13.2 Å². The van der Waals surface area contributed by atoms with Crippen molar-refractivity contribution in [2.45, 2.75) is 13.3 Å². The molecule has 17 heavy (non-hydrogen) atoms. The fourth-order valence-corrected chi connectivity index (χ4v) is 1.17. The van der Waals surface area contributed by atoms with Crippen LogP contribution in [0.3, 0.4) is 0 Å². The second-order valence-corrected chi connectivity index (χ2v) is 3.25. The molecule has 0 aliphatic heterocycles. The van der Waals surface area contributed by atoms with Crippen LogP contribution < -0.4 is 4.74 Å². The number of ether oxygens (including phenoxy) is 2. The van der Waals surface area contributed by atoms with Crippen molar-refractivity contribution >= 4 is 0 Å². The number of hydrogen-bond acceptors (Lipinski definition) is 3. The fraction of sp³-hybridized carbons (Fsp3) is 0.364. The highest BCUT2D eigenvalue weighted by Gasteiger charge is 2.28. The molecule has 0 saturated heterocycles. The molecule has 1 aromatic carbocycles. The highest BCUT2D eigenvalue weighted by molar-refractivity contribution is 5.45. The van der Waals surface area contributed by atoms with Crippen LogP contribution in [0.25, 0.3) is 0 Å². The van der Waals surface area contributed by atoms with E-state index in [0.717, 1.165) is 5.56 Å². The average Bonchev–Trinajstić information content (AvgIpc) is 2.24. The SMILES string of the molecule is Cc1ccc(OCCOC(F)(F)F)c(C#N)c1. The summed E-state index contributed by atoms with van der Waals surface area (Å²) in [5.41, 5.74) is 1.16. The topological polar surface area (TPSA) is 42.2 Å². The van der Waals surface area contributed by atoms with Gasteiger partial charge in [0.25, 0.3) is 0 Å². The lowest BCUT2D eigenvalue weighted by molar-refractivity contribution is -0.325. The molecule has 0 aliphatic carbocycles. The maximum atomic E-state index is 11.6. The van der Waals surface area contributed by atoms with E-state index in [9.17, 15) is 13.2 Å². The number of rotatable bonds is 4. The summed E-state index contributed by atoms with van der Waals surface area (Å²) in [7, 11) is 0. The fourth-order valence-electron chi connectivity index (χ4n) is 1.17. The molecule has 0 unspecified atom stereocenters.